The van der Waals surface area contributed by atoms with Gasteiger partial charge in [-0.15, -0.1) is 0 Å². The predicted molar refractivity (Wildman–Crippen MR) is 62.6 cm³/mol. The van der Waals surface area contributed by atoms with Crippen LogP contribution in [-0.2, 0) is 0 Å². The second-order valence-electron chi connectivity index (χ2n) is 3.43. The third-order valence-electron chi connectivity index (χ3n) is 2.32. The molecule has 1 aromatic carbocycles. The number of hydrogen-bond donors (Lipinski definition) is 2. The Labute approximate surface area is 101 Å². The molecule has 0 heterocycles. The van der Waals surface area contributed by atoms with Gasteiger partial charge in [0, 0.05) is 11.4 Å². The van der Waals surface area contributed by atoms with Gasteiger partial charge in [-0.3, -0.25) is 10.1 Å². The minimum Gasteiger partial charge on any atom is -0.389 e. The van der Waals surface area contributed by atoms with Crippen molar-refractivity contribution in [3.8, 4) is 0 Å². The van der Waals surface area contributed by atoms with Crippen LogP contribution in [0.15, 0.2) is 18.2 Å². The number of nitrogens with zero attached hydrogens (tertiary/aromatic N) is 1. The van der Waals surface area contributed by atoms with Gasteiger partial charge in [-0.05, 0) is 12.5 Å². The smallest absolute Gasteiger partial charge is 0.275 e. The molecule has 0 aliphatic rings. The van der Waals surface area contributed by atoms with Gasteiger partial charge in [0.2, 0.25) is 0 Å². The Hall–Kier alpha value is -0.980. The molecule has 5 nitrogen and oxygen atoms in total. The molecule has 2 unspecified atom stereocenters. The summed E-state index contributed by atoms with van der Waals surface area (Å²) in [5, 5.41) is 30.2. The maximum Gasteiger partial charge on any atom is 0.275 e. The average Bonchev–Trinajstić information content (AvgIpc) is 2.26. The largest absolute Gasteiger partial charge is 0.389 e. The van der Waals surface area contributed by atoms with Gasteiger partial charge in [-0.1, -0.05) is 28.1 Å². The summed E-state index contributed by atoms with van der Waals surface area (Å²) in [7, 11) is 0. The van der Waals surface area contributed by atoms with Crippen molar-refractivity contribution in [2.24, 2.45) is 0 Å². The van der Waals surface area contributed by atoms with Gasteiger partial charge in [0.25, 0.3) is 5.69 Å². The SMILES string of the molecule is Cc1cccc([N+](=O)[O-])c1C(O)C(O)CBr. The normalized spacial score (nSPS) is 14.5. The zero-order valence-corrected chi connectivity index (χ0v) is 10.2. The third kappa shape index (κ3) is 2.58. The maximum atomic E-state index is 10.8. The minimum atomic E-state index is -1.26. The summed E-state index contributed by atoms with van der Waals surface area (Å²) in [4.78, 5) is 10.2. The van der Waals surface area contributed by atoms with Crippen LogP contribution in [0.1, 0.15) is 17.2 Å². The Kier molecular flexibility index (Phi) is 4.40. The first-order valence-corrected chi connectivity index (χ1v) is 5.77. The Morgan fingerprint density at radius 3 is 2.62 bits per heavy atom. The number of nitro groups is 1. The second kappa shape index (κ2) is 5.38. The van der Waals surface area contributed by atoms with Crippen molar-refractivity contribution in [1.82, 2.24) is 0 Å². The molecule has 6 heteroatoms. The average molecular weight is 290 g/mol. The van der Waals surface area contributed by atoms with E-state index < -0.39 is 17.1 Å². The summed E-state index contributed by atoms with van der Waals surface area (Å²) in [5.41, 5.74) is 0.577. The molecule has 0 amide bonds. The Morgan fingerprint density at radius 1 is 1.50 bits per heavy atom. The minimum absolute atomic E-state index is 0.152. The van der Waals surface area contributed by atoms with Gasteiger partial charge in [0.15, 0.2) is 0 Å². The molecule has 0 saturated heterocycles. The summed E-state index contributed by atoms with van der Waals surface area (Å²) >= 11 is 3.02. The molecule has 1 rings (SSSR count). The Bertz CT molecular complexity index is 396. The van der Waals surface area contributed by atoms with Crippen LogP contribution in [0.4, 0.5) is 5.69 Å². The lowest BCUT2D eigenvalue weighted by molar-refractivity contribution is -0.386. The fraction of sp³-hybridized carbons (Fsp3) is 0.400. The zero-order chi connectivity index (χ0) is 12.3. The molecule has 2 atom stereocenters. The van der Waals surface area contributed by atoms with Gasteiger partial charge in [0.1, 0.15) is 6.10 Å². The van der Waals surface area contributed by atoms with E-state index in [1.807, 2.05) is 0 Å². The molecule has 0 aromatic heterocycles. The second-order valence-corrected chi connectivity index (χ2v) is 4.08. The molecule has 0 aliphatic carbocycles. The molecule has 0 bridgehead atoms. The van der Waals surface area contributed by atoms with Crippen molar-refractivity contribution < 1.29 is 15.1 Å². The van der Waals surface area contributed by atoms with E-state index in [2.05, 4.69) is 15.9 Å². The maximum absolute atomic E-state index is 10.8. The molecule has 16 heavy (non-hydrogen) atoms. The van der Waals surface area contributed by atoms with Crippen molar-refractivity contribution in [2.45, 2.75) is 19.1 Å². The number of aliphatic hydroxyl groups excluding tert-OH is 2. The van der Waals surface area contributed by atoms with Gasteiger partial charge < -0.3 is 10.2 Å². The van der Waals surface area contributed by atoms with E-state index >= 15 is 0 Å². The molecule has 1 aromatic rings. The van der Waals surface area contributed by atoms with E-state index in [-0.39, 0.29) is 16.6 Å². The highest BCUT2D eigenvalue weighted by molar-refractivity contribution is 9.09. The van der Waals surface area contributed by atoms with Gasteiger partial charge in [0.05, 0.1) is 16.6 Å². The van der Waals surface area contributed by atoms with Gasteiger partial charge >= 0.3 is 0 Å². The van der Waals surface area contributed by atoms with Crippen molar-refractivity contribution in [3.63, 3.8) is 0 Å². The highest BCUT2D eigenvalue weighted by Gasteiger charge is 2.27. The van der Waals surface area contributed by atoms with E-state index in [1.54, 1.807) is 19.1 Å². The highest BCUT2D eigenvalue weighted by Crippen LogP contribution is 2.30. The summed E-state index contributed by atoms with van der Waals surface area (Å²) in [5.74, 6) is 0. The van der Waals surface area contributed by atoms with Crippen LogP contribution in [0, 0.1) is 17.0 Å². The van der Waals surface area contributed by atoms with E-state index in [0.717, 1.165) is 0 Å². The van der Waals surface area contributed by atoms with Crippen molar-refractivity contribution >= 4 is 21.6 Å². The summed E-state index contributed by atoms with van der Waals surface area (Å²) in [6.07, 6.45) is -2.33. The zero-order valence-electron chi connectivity index (χ0n) is 8.63. The highest BCUT2D eigenvalue weighted by atomic mass is 79.9. The van der Waals surface area contributed by atoms with E-state index in [1.165, 1.54) is 6.07 Å². The van der Waals surface area contributed by atoms with Crippen LogP contribution in [0.5, 0.6) is 0 Å². The number of nitro benzene ring substituents is 1. The lowest BCUT2D eigenvalue weighted by Gasteiger charge is -2.17. The van der Waals surface area contributed by atoms with Crippen LogP contribution < -0.4 is 0 Å². The van der Waals surface area contributed by atoms with Gasteiger partial charge in [-0.25, -0.2) is 0 Å². The monoisotopic (exact) mass is 289 g/mol. The van der Waals surface area contributed by atoms with Gasteiger partial charge in [-0.2, -0.15) is 0 Å². The number of aryl methyl sites for hydroxylation is 1. The quantitative estimate of drug-likeness (QED) is 0.502. The van der Waals surface area contributed by atoms with Crippen molar-refractivity contribution in [2.75, 3.05) is 5.33 Å². The van der Waals surface area contributed by atoms with Crippen LogP contribution in [-0.4, -0.2) is 26.6 Å². The van der Waals surface area contributed by atoms with Crippen LogP contribution in [0.3, 0.4) is 0 Å². The first kappa shape index (κ1) is 13.1. The summed E-state index contributed by atoms with van der Waals surface area (Å²) in [6.45, 7) is 1.66. The Balaban J connectivity index is 3.24. The fourth-order valence-electron chi connectivity index (χ4n) is 1.49. The van der Waals surface area contributed by atoms with Crippen LogP contribution >= 0.6 is 15.9 Å². The molecule has 0 radical (unpaired) electrons. The number of alkyl halides is 1. The standard InChI is InChI=1S/C10H12BrNO4/c1-6-3-2-4-7(12(15)16)9(6)10(14)8(13)5-11/h2-4,8,10,13-14H,5H2,1H3. The number of aliphatic hydroxyl groups is 2. The molecule has 88 valence electrons. The van der Waals surface area contributed by atoms with Crippen LogP contribution in [0.2, 0.25) is 0 Å². The lowest BCUT2D eigenvalue weighted by atomic mass is 9.98. The molecular weight excluding hydrogens is 278 g/mol. The number of halogens is 1. The Morgan fingerprint density at radius 2 is 2.12 bits per heavy atom. The van der Waals surface area contributed by atoms with E-state index in [0.29, 0.717) is 5.56 Å². The first-order chi connectivity index (χ1) is 7.49. The molecular formula is C10H12BrNO4. The van der Waals surface area contributed by atoms with E-state index in [4.69, 9.17) is 0 Å². The topological polar surface area (TPSA) is 83.6 Å². The molecule has 0 aliphatic heterocycles. The van der Waals surface area contributed by atoms with Crippen molar-refractivity contribution in [1.29, 1.82) is 0 Å². The van der Waals surface area contributed by atoms with Crippen LogP contribution in [0.25, 0.3) is 0 Å². The third-order valence-corrected chi connectivity index (χ3v) is 2.98. The lowest BCUT2D eigenvalue weighted by Crippen LogP contribution is -2.21. The molecule has 0 fully saturated rings. The number of hydrogen-bond acceptors (Lipinski definition) is 4. The summed E-state index contributed by atoms with van der Waals surface area (Å²) in [6, 6.07) is 4.52. The summed E-state index contributed by atoms with van der Waals surface area (Å²) < 4.78 is 0. The molecule has 2 N–H and O–H groups in total. The molecule has 0 spiro atoms. The predicted octanol–water partition coefficient (Wildman–Crippen LogP) is 1.69. The van der Waals surface area contributed by atoms with E-state index in [9.17, 15) is 20.3 Å². The fourth-order valence-corrected chi connectivity index (χ4v) is 1.84. The number of rotatable bonds is 4. The first-order valence-electron chi connectivity index (χ1n) is 4.65. The number of benzene rings is 1. The molecule has 0 saturated carbocycles. The van der Waals surface area contributed by atoms with Crippen molar-refractivity contribution in [3.05, 3.63) is 39.4 Å².